The predicted molar refractivity (Wildman–Crippen MR) is 91.9 cm³/mol. The largest absolute Gasteiger partial charge is 0.309 e. The fraction of sp³-hybridized carbons (Fsp3) is 0.333. The van der Waals surface area contributed by atoms with Crippen LogP contribution in [0.3, 0.4) is 0 Å². The number of benzene rings is 1. The molecule has 2 aromatic rings. The summed E-state index contributed by atoms with van der Waals surface area (Å²) in [5.41, 5.74) is 1.06. The van der Waals surface area contributed by atoms with E-state index in [1.165, 1.54) is 25.7 Å². The van der Waals surface area contributed by atoms with E-state index in [-0.39, 0.29) is 11.2 Å². The van der Waals surface area contributed by atoms with E-state index >= 15 is 0 Å². The van der Waals surface area contributed by atoms with Crippen molar-refractivity contribution < 1.29 is 4.79 Å². The van der Waals surface area contributed by atoms with Crippen LogP contribution in [0.1, 0.15) is 36.5 Å². The number of nitrogens with one attached hydrogen (secondary N) is 1. The number of amides is 1. The molecule has 1 unspecified atom stereocenters. The third-order valence-corrected chi connectivity index (χ3v) is 5.50. The molecule has 4 heteroatoms. The van der Waals surface area contributed by atoms with Gasteiger partial charge in [-0.15, -0.1) is 11.8 Å². The number of thioether (sulfide) groups is 1. The molecule has 1 aromatic carbocycles. The van der Waals surface area contributed by atoms with Crippen molar-refractivity contribution >= 4 is 23.5 Å². The fourth-order valence-corrected chi connectivity index (χ4v) is 4.25. The van der Waals surface area contributed by atoms with E-state index in [0.717, 1.165) is 5.56 Å². The van der Waals surface area contributed by atoms with Gasteiger partial charge in [0.25, 0.3) is 0 Å². The first-order chi connectivity index (χ1) is 10.8. The van der Waals surface area contributed by atoms with Crippen LogP contribution in [0.2, 0.25) is 0 Å². The summed E-state index contributed by atoms with van der Waals surface area (Å²) in [6.45, 7) is 0. The average molecular weight is 312 g/mol. The topological polar surface area (TPSA) is 42.0 Å². The molecule has 0 saturated heterocycles. The molecule has 0 bridgehead atoms. The molecule has 1 amide bonds. The second-order valence-electron chi connectivity index (χ2n) is 5.54. The first-order valence-electron chi connectivity index (χ1n) is 7.75. The van der Waals surface area contributed by atoms with Crippen LogP contribution in [-0.4, -0.2) is 16.1 Å². The molecule has 1 saturated carbocycles. The van der Waals surface area contributed by atoms with Crippen LogP contribution in [0.4, 0.5) is 5.82 Å². The van der Waals surface area contributed by atoms with E-state index in [1.54, 1.807) is 18.0 Å². The van der Waals surface area contributed by atoms with Gasteiger partial charge in [-0.1, -0.05) is 49.2 Å². The number of hydrogen-bond donors (Lipinski definition) is 1. The number of carbonyl (C=O) groups is 1. The monoisotopic (exact) mass is 312 g/mol. The molecule has 0 radical (unpaired) electrons. The normalized spacial score (nSPS) is 16.4. The standard InChI is InChI=1S/C18H20N2OS/c21-18(20-16-12-6-7-13-19-16)17(14-8-2-1-3-9-14)22-15-10-4-5-11-15/h1-3,6-9,12-13,15,17H,4-5,10-11H2,(H,19,20,21). The van der Waals surface area contributed by atoms with Crippen molar-refractivity contribution in [1.82, 2.24) is 4.98 Å². The van der Waals surface area contributed by atoms with Gasteiger partial charge in [-0.2, -0.15) is 0 Å². The van der Waals surface area contributed by atoms with Crippen molar-refractivity contribution in [1.29, 1.82) is 0 Å². The highest BCUT2D eigenvalue weighted by atomic mass is 32.2. The van der Waals surface area contributed by atoms with Crippen molar-refractivity contribution in [2.75, 3.05) is 5.32 Å². The number of carbonyl (C=O) groups excluding carboxylic acids is 1. The van der Waals surface area contributed by atoms with Gasteiger partial charge in [0.05, 0.1) is 0 Å². The van der Waals surface area contributed by atoms with Gasteiger partial charge >= 0.3 is 0 Å². The summed E-state index contributed by atoms with van der Waals surface area (Å²) >= 11 is 1.79. The van der Waals surface area contributed by atoms with Gasteiger partial charge in [0, 0.05) is 11.4 Å². The zero-order valence-corrected chi connectivity index (χ0v) is 13.3. The predicted octanol–water partition coefficient (Wildman–Crippen LogP) is 4.44. The van der Waals surface area contributed by atoms with E-state index in [0.29, 0.717) is 11.1 Å². The van der Waals surface area contributed by atoms with Crippen molar-refractivity contribution in [3.8, 4) is 0 Å². The zero-order chi connectivity index (χ0) is 15.2. The Balaban J connectivity index is 1.76. The van der Waals surface area contributed by atoms with Crippen molar-refractivity contribution in [2.45, 2.75) is 36.2 Å². The van der Waals surface area contributed by atoms with Crippen molar-refractivity contribution in [3.63, 3.8) is 0 Å². The molecular weight excluding hydrogens is 292 g/mol. The lowest BCUT2D eigenvalue weighted by Gasteiger charge is -2.20. The minimum atomic E-state index is -0.175. The van der Waals surface area contributed by atoms with Crippen molar-refractivity contribution in [2.24, 2.45) is 0 Å². The average Bonchev–Trinajstić information content (AvgIpc) is 3.07. The molecule has 3 rings (SSSR count). The van der Waals surface area contributed by atoms with Crippen LogP contribution in [0.15, 0.2) is 54.7 Å². The molecule has 3 nitrogen and oxygen atoms in total. The Hall–Kier alpha value is -1.81. The Labute approximate surface area is 135 Å². The molecule has 0 spiro atoms. The molecule has 0 aliphatic heterocycles. The van der Waals surface area contributed by atoms with Gasteiger partial charge in [-0.25, -0.2) is 4.98 Å². The van der Waals surface area contributed by atoms with E-state index in [4.69, 9.17) is 0 Å². The third kappa shape index (κ3) is 3.89. The molecule has 1 heterocycles. The Bertz CT molecular complexity index is 597. The lowest BCUT2D eigenvalue weighted by atomic mass is 10.1. The molecule has 1 aromatic heterocycles. The minimum Gasteiger partial charge on any atom is -0.309 e. The van der Waals surface area contributed by atoms with E-state index in [1.807, 2.05) is 48.5 Å². The number of nitrogens with zero attached hydrogens (tertiary/aromatic N) is 1. The number of anilines is 1. The molecule has 22 heavy (non-hydrogen) atoms. The van der Waals surface area contributed by atoms with E-state index < -0.39 is 0 Å². The van der Waals surface area contributed by atoms with Crippen LogP contribution in [0, 0.1) is 0 Å². The molecule has 1 aliphatic rings. The highest BCUT2D eigenvalue weighted by Crippen LogP contribution is 2.40. The summed E-state index contributed by atoms with van der Waals surface area (Å²) in [5.74, 6) is 0.627. The Kier molecular flexibility index (Phi) is 5.11. The number of aromatic nitrogens is 1. The van der Waals surface area contributed by atoms with Crippen LogP contribution in [0.25, 0.3) is 0 Å². The summed E-state index contributed by atoms with van der Waals surface area (Å²) < 4.78 is 0. The molecule has 1 fully saturated rings. The lowest BCUT2D eigenvalue weighted by molar-refractivity contribution is -0.115. The Morgan fingerprint density at radius 1 is 1.09 bits per heavy atom. The Morgan fingerprint density at radius 3 is 2.50 bits per heavy atom. The maximum atomic E-state index is 12.7. The maximum absolute atomic E-state index is 12.7. The van der Waals surface area contributed by atoms with Crippen LogP contribution < -0.4 is 5.32 Å². The number of rotatable bonds is 5. The first kappa shape index (κ1) is 15.1. The molecule has 1 atom stereocenters. The van der Waals surface area contributed by atoms with Gasteiger partial charge in [-0.05, 0) is 30.5 Å². The van der Waals surface area contributed by atoms with Crippen molar-refractivity contribution in [3.05, 3.63) is 60.3 Å². The smallest absolute Gasteiger partial charge is 0.243 e. The van der Waals surface area contributed by atoms with E-state index in [2.05, 4.69) is 10.3 Å². The van der Waals surface area contributed by atoms with Crippen LogP contribution in [-0.2, 0) is 4.79 Å². The highest BCUT2D eigenvalue weighted by Gasteiger charge is 2.27. The van der Waals surface area contributed by atoms with Gasteiger partial charge in [-0.3, -0.25) is 4.79 Å². The maximum Gasteiger partial charge on any atom is 0.243 e. The zero-order valence-electron chi connectivity index (χ0n) is 12.4. The second-order valence-corrected chi connectivity index (χ2v) is 6.95. The van der Waals surface area contributed by atoms with Gasteiger partial charge in [0.2, 0.25) is 5.91 Å². The third-order valence-electron chi connectivity index (χ3n) is 3.89. The summed E-state index contributed by atoms with van der Waals surface area (Å²) in [7, 11) is 0. The second kappa shape index (κ2) is 7.45. The molecule has 114 valence electrons. The summed E-state index contributed by atoms with van der Waals surface area (Å²) in [6, 6.07) is 15.6. The molecular formula is C18H20N2OS. The van der Waals surface area contributed by atoms with Gasteiger partial charge in [0.15, 0.2) is 0 Å². The molecule has 1 aliphatic carbocycles. The fourth-order valence-electron chi connectivity index (χ4n) is 2.76. The van der Waals surface area contributed by atoms with E-state index in [9.17, 15) is 4.79 Å². The minimum absolute atomic E-state index is 0.0156. The highest BCUT2D eigenvalue weighted by molar-refractivity contribution is 8.00. The summed E-state index contributed by atoms with van der Waals surface area (Å²) in [4.78, 5) is 16.9. The number of pyridine rings is 1. The molecule has 1 N–H and O–H groups in total. The summed E-state index contributed by atoms with van der Waals surface area (Å²) in [5, 5.41) is 3.35. The first-order valence-corrected chi connectivity index (χ1v) is 8.69. The summed E-state index contributed by atoms with van der Waals surface area (Å²) in [6.07, 6.45) is 6.68. The quantitative estimate of drug-likeness (QED) is 0.887. The SMILES string of the molecule is O=C(Nc1ccccn1)C(SC1CCCC1)c1ccccc1. The lowest BCUT2D eigenvalue weighted by Crippen LogP contribution is -2.21. The van der Waals surface area contributed by atoms with Crippen LogP contribution in [0.5, 0.6) is 0 Å². The van der Waals surface area contributed by atoms with Gasteiger partial charge in [0.1, 0.15) is 11.1 Å². The van der Waals surface area contributed by atoms with Crippen LogP contribution >= 0.6 is 11.8 Å². The Morgan fingerprint density at radius 2 is 1.82 bits per heavy atom. The number of hydrogen-bond acceptors (Lipinski definition) is 3. The van der Waals surface area contributed by atoms with Gasteiger partial charge < -0.3 is 5.32 Å².